The largest absolute Gasteiger partial charge is 0.140 e. The first-order chi connectivity index (χ1) is 29.2. The summed E-state index contributed by atoms with van der Waals surface area (Å²) >= 11 is 3.97. The maximum absolute atomic E-state index is 2.51. The van der Waals surface area contributed by atoms with Gasteiger partial charge in [0.15, 0.2) is 0 Å². The molecule has 288 valence electrons. The van der Waals surface area contributed by atoms with Crippen molar-refractivity contribution in [3.05, 3.63) is 220 Å². The molecule has 7 aromatic rings. The van der Waals surface area contributed by atoms with Crippen molar-refractivity contribution in [3.63, 3.8) is 0 Å². The van der Waals surface area contributed by atoms with Gasteiger partial charge in [-0.2, -0.15) is 0 Å². The summed E-state index contributed by atoms with van der Waals surface area (Å²) in [6, 6.07) is 54.8. The summed E-state index contributed by atoms with van der Waals surface area (Å²) in [6.45, 7) is 2.31. The van der Waals surface area contributed by atoms with Crippen LogP contribution in [0.25, 0.3) is 60.2 Å². The van der Waals surface area contributed by atoms with E-state index in [0.717, 1.165) is 38.5 Å². The van der Waals surface area contributed by atoms with Gasteiger partial charge < -0.3 is 0 Å². The Morgan fingerprint density at radius 1 is 0.593 bits per heavy atom. The summed E-state index contributed by atoms with van der Waals surface area (Å²) < 4.78 is 0. The number of hydrogen-bond acceptors (Lipinski definition) is 2. The third kappa shape index (κ3) is 7.80. The fourth-order valence-electron chi connectivity index (χ4n) is 9.20. The molecule has 2 heterocycles. The van der Waals surface area contributed by atoms with E-state index in [1.54, 1.807) is 0 Å². The summed E-state index contributed by atoms with van der Waals surface area (Å²) in [7, 11) is 0. The fraction of sp³-hybridized carbons (Fsp3) is 0.158. The van der Waals surface area contributed by atoms with Gasteiger partial charge in [-0.25, -0.2) is 0 Å². The summed E-state index contributed by atoms with van der Waals surface area (Å²) in [5.74, 6) is 0.597. The van der Waals surface area contributed by atoms with E-state index in [1.165, 1.54) is 92.2 Å². The third-order valence-electron chi connectivity index (χ3n) is 12.1. The second-order valence-electron chi connectivity index (χ2n) is 16.2. The average Bonchev–Trinajstić information content (AvgIpc) is 3.78. The Hall–Kier alpha value is -5.67. The molecule has 0 spiro atoms. The van der Waals surface area contributed by atoms with Crippen molar-refractivity contribution in [2.45, 2.75) is 50.7 Å². The second-order valence-corrected chi connectivity index (χ2v) is 18.6. The van der Waals surface area contributed by atoms with Crippen molar-refractivity contribution < 1.29 is 0 Å². The van der Waals surface area contributed by atoms with E-state index in [0.29, 0.717) is 11.2 Å². The van der Waals surface area contributed by atoms with E-state index in [1.807, 2.05) is 23.1 Å². The zero-order valence-corrected chi connectivity index (χ0v) is 35.2. The molecule has 1 aliphatic heterocycles. The maximum Gasteiger partial charge on any atom is 0.0347 e. The van der Waals surface area contributed by atoms with Crippen LogP contribution in [0, 0.1) is 5.92 Å². The first-order valence-corrected chi connectivity index (χ1v) is 23.0. The predicted octanol–water partition coefficient (Wildman–Crippen LogP) is 16.8. The summed E-state index contributed by atoms with van der Waals surface area (Å²) in [4.78, 5) is 4.19. The van der Waals surface area contributed by atoms with E-state index in [2.05, 4.69) is 195 Å². The van der Waals surface area contributed by atoms with Crippen LogP contribution in [0.1, 0.15) is 76.3 Å². The highest BCUT2D eigenvalue weighted by Gasteiger charge is 2.26. The monoisotopic (exact) mass is 796 g/mol. The van der Waals surface area contributed by atoms with Crippen LogP contribution in [0.5, 0.6) is 0 Å². The molecule has 1 aromatic heterocycles. The summed E-state index contributed by atoms with van der Waals surface area (Å²) in [5.41, 5.74) is 15.8. The Morgan fingerprint density at radius 3 is 2.02 bits per heavy atom. The minimum atomic E-state index is 0.452. The van der Waals surface area contributed by atoms with Gasteiger partial charge >= 0.3 is 0 Å². The molecule has 2 unspecified atom stereocenters. The number of thioether (sulfide) groups is 1. The molecule has 59 heavy (non-hydrogen) atoms. The molecule has 0 bridgehead atoms. The highest BCUT2D eigenvalue weighted by molar-refractivity contribution is 8.08. The van der Waals surface area contributed by atoms with Gasteiger partial charge in [0.05, 0.1) is 0 Å². The van der Waals surface area contributed by atoms with Crippen LogP contribution in [0.2, 0.25) is 0 Å². The minimum absolute atomic E-state index is 0.452. The van der Waals surface area contributed by atoms with E-state index >= 15 is 0 Å². The molecular weight excluding hydrogens is 749 g/mol. The summed E-state index contributed by atoms with van der Waals surface area (Å²) in [6.07, 6.45) is 22.9. The lowest BCUT2D eigenvalue weighted by molar-refractivity contribution is 0.750. The van der Waals surface area contributed by atoms with Gasteiger partial charge in [-0.15, -0.1) is 23.1 Å². The number of hydrogen-bond donors (Lipinski definition) is 0. The predicted molar refractivity (Wildman–Crippen MR) is 259 cm³/mol. The highest BCUT2D eigenvalue weighted by atomic mass is 32.2. The van der Waals surface area contributed by atoms with Gasteiger partial charge in [-0.05, 0) is 134 Å². The van der Waals surface area contributed by atoms with Gasteiger partial charge in [-0.1, -0.05) is 177 Å². The Bertz CT molecular complexity index is 2780. The quantitative estimate of drug-likeness (QED) is 0.140. The molecule has 2 atom stereocenters. The number of benzene rings is 6. The van der Waals surface area contributed by atoms with Gasteiger partial charge in [0.1, 0.15) is 0 Å². The highest BCUT2D eigenvalue weighted by Crippen LogP contribution is 2.52. The first-order valence-electron chi connectivity index (χ1n) is 21.3. The molecule has 6 aromatic carbocycles. The van der Waals surface area contributed by atoms with Crippen molar-refractivity contribution in [2.75, 3.05) is 0 Å². The fourth-order valence-corrected chi connectivity index (χ4v) is 11.6. The SMILES string of the molecule is CC1C=CC=C(c2ccc(Cc3ccc(-c4c(C5=CCCC=C5)c(-c5ccccc5)c(-c5ccccc5)c5cc(C6=CCCC(c7ccccc7)S6)ccc45)cc3)s2)C1. The molecular formula is C57H48S2. The Morgan fingerprint density at radius 2 is 1.29 bits per heavy atom. The molecule has 2 heteroatoms. The Balaban J connectivity index is 1.15. The van der Waals surface area contributed by atoms with Crippen LogP contribution >= 0.6 is 23.1 Å². The zero-order valence-electron chi connectivity index (χ0n) is 33.6. The van der Waals surface area contributed by atoms with Crippen LogP contribution in [-0.2, 0) is 6.42 Å². The topological polar surface area (TPSA) is 0 Å². The van der Waals surface area contributed by atoms with E-state index < -0.39 is 0 Å². The standard InChI is InChI=1S/C57H48S2/c1-39-16-14-25-46(36-39)53-35-33-48(58-53)37-40-28-30-45(31-29-40)54-49-34-32-47(52-27-15-26-51(59-52)41-17-6-2-7-18-41)38-50(49)55(42-19-8-3-9-20-42)57(44-23-12-5-13-24-44)56(54)43-21-10-4-11-22-43/h2-3,5-10,12-14,16-25,27-35,38-39,51H,4,11,15,26,36-37H2,1H3. The molecule has 2 aliphatic carbocycles. The lowest BCUT2D eigenvalue weighted by Gasteiger charge is -2.27. The van der Waals surface area contributed by atoms with Crippen LogP contribution in [-0.4, -0.2) is 0 Å². The van der Waals surface area contributed by atoms with Gasteiger partial charge in [0.25, 0.3) is 0 Å². The van der Waals surface area contributed by atoms with E-state index in [-0.39, 0.29) is 0 Å². The van der Waals surface area contributed by atoms with Crippen LogP contribution in [0.4, 0.5) is 0 Å². The lowest BCUT2D eigenvalue weighted by atomic mass is 9.77. The van der Waals surface area contributed by atoms with Gasteiger partial charge in [-0.3, -0.25) is 0 Å². The third-order valence-corrected chi connectivity index (χ3v) is 14.7. The first kappa shape index (κ1) is 37.6. The van der Waals surface area contributed by atoms with Crippen molar-refractivity contribution >= 4 is 49.9 Å². The summed E-state index contributed by atoms with van der Waals surface area (Å²) in [5, 5.41) is 3.04. The van der Waals surface area contributed by atoms with Crippen molar-refractivity contribution in [1.82, 2.24) is 0 Å². The molecule has 10 rings (SSSR count). The van der Waals surface area contributed by atoms with Crippen molar-refractivity contribution in [1.29, 1.82) is 0 Å². The number of thiophene rings is 1. The smallest absolute Gasteiger partial charge is 0.0347 e. The van der Waals surface area contributed by atoms with Crippen molar-refractivity contribution in [2.24, 2.45) is 5.92 Å². The minimum Gasteiger partial charge on any atom is -0.140 e. The molecule has 0 saturated heterocycles. The zero-order chi connectivity index (χ0) is 39.5. The molecule has 0 nitrogen and oxygen atoms in total. The van der Waals surface area contributed by atoms with E-state index in [9.17, 15) is 0 Å². The molecule has 3 aliphatic rings. The van der Waals surface area contributed by atoms with Gasteiger partial charge in [0.2, 0.25) is 0 Å². The van der Waals surface area contributed by atoms with E-state index in [4.69, 9.17) is 0 Å². The maximum atomic E-state index is 2.51. The normalized spacial score (nSPS) is 17.7. The Labute approximate surface area is 358 Å². The molecule has 0 saturated carbocycles. The number of fused-ring (bicyclic) bond motifs is 1. The molecule has 0 fully saturated rings. The molecule has 0 amide bonds. The van der Waals surface area contributed by atoms with Crippen LogP contribution < -0.4 is 0 Å². The van der Waals surface area contributed by atoms with Crippen LogP contribution in [0.3, 0.4) is 0 Å². The lowest BCUT2D eigenvalue weighted by Crippen LogP contribution is -2.02. The second kappa shape index (κ2) is 16.9. The molecule has 0 radical (unpaired) electrons. The Kier molecular flexibility index (Phi) is 10.8. The van der Waals surface area contributed by atoms with Crippen LogP contribution in [0.15, 0.2) is 188 Å². The number of rotatable bonds is 9. The average molecular weight is 797 g/mol. The molecule has 0 N–H and O–H groups in total. The van der Waals surface area contributed by atoms with Gasteiger partial charge in [0, 0.05) is 26.3 Å². The number of allylic oxidation sites excluding steroid dienone is 9. The van der Waals surface area contributed by atoms with Crippen molar-refractivity contribution in [3.8, 4) is 33.4 Å².